The van der Waals surface area contributed by atoms with Crippen LogP contribution in [0.2, 0.25) is 0 Å². The van der Waals surface area contributed by atoms with E-state index in [1.165, 1.54) is 0 Å². The predicted molar refractivity (Wildman–Crippen MR) is 74.6 cm³/mol. The largest absolute Gasteiger partial charge is 0.436 e. The average Bonchev–Trinajstić information content (AvgIpc) is 2.65. The number of hydrogen-bond acceptors (Lipinski definition) is 4. The van der Waals surface area contributed by atoms with Gasteiger partial charge in [-0.25, -0.2) is 4.98 Å². The molecule has 1 aromatic heterocycles. The molecular formula is C13H19BrN2O3. The van der Waals surface area contributed by atoms with E-state index < -0.39 is 0 Å². The fourth-order valence-electron chi connectivity index (χ4n) is 2.40. The lowest BCUT2D eigenvalue weighted by Gasteiger charge is -2.42. The predicted octanol–water partition coefficient (Wildman–Crippen LogP) is 2.31. The van der Waals surface area contributed by atoms with E-state index in [1.807, 2.05) is 13.8 Å². The fraction of sp³-hybridized carbons (Fsp3) is 0.692. The van der Waals surface area contributed by atoms with Crippen molar-refractivity contribution in [3.05, 3.63) is 17.3 Å². The van der Waals surface area contributed by atoms with Crippen molar-refractivity contribution in [1.29, 1.82) is 0 Å². The molecule has 0 bridgehead atoms. The van der Waals surface area contributed by atoms with Crippen LogP contribution in [0.25, 0.3) is 0 Å². The minimum atomic E-state index is -0.352. The van der Waals surface area contributed by atoms with Gasteiger partial charge in [-0.05, 0) is 20.8 Å². The molecule has 0 aliphatic carbocycles. The van der Waals surface area contributed by atoms with Crippen LogP contribution in [0.15, 0.2) is 4.42 Å². The summed E-state index contributed by atoms with van der Waals surface area (Å²) in [6.45, 7) is 8.62. The summed E-state index contributed by atoms with van der Waals surface area (Å²) in [4.78, 5) is 18.4. The summed E-state index contributed by atoms with van der Waals surface area (Å²) in [6.07, 6.45) is -0.00276. The molecule has 19 heavy (non-hydrogen) atoms. The molecule has 1 unspecified atom stereocenters. The molecule has 5 nitrogen and oxygen atoms in total. The summed E-state index contributed by atoms with van der Waals surface area (Å²) in [7, 11) is 0. The van der Waals surface area contributed by atoms with Crippen molar-refractivity contribution in [3.8, 4) is 0 Å². The van der Waals surface area contributed by atoms with Gasteiger partial charge in [0.05, 0.1) is 17.4 Å². The van der Waals surface area contributed by atoms with E-state index in [2.05, 4.69) is 20.9 Å². The third-order valence-corrected chi connectivity index (χ3v) is 3.76. The summed E-state index contributed by atoms with van der Waals surface area (Å²) in [5.74, 6) is 0.745. The Morgan fingerprint density at radius 3 is 2.74 bits per heavy atom. The smallest absolute Gasteiger partial charge is 0.291 e. The highest BCUT2D eigenvalue weighted by atomic mass is 79.9. The summed E-state index contributed by atoms with van der Waals surface area (Å²) < 4.78 is 11.3. The third-order valence-electron chi connectivity index (χ3n) is 3.04. The molecule has 6 heteroatoms. The fourth-order valence-corrected chi connectivity index (χ4v) is 2.74. The molecule has 1 aromatic rings. The number of ether oxygens (including phenoxy) is 1. The highest BCUT2D eigenvalue weighted by Gasteiger charge is 2.36. The Hall–Kier alpha value is -0.880. The van der Waals surface area contributed by atoms with Gasteiger partial charge in [0.2, 0.25) is 5.76 Å². The summed E-state index contributed by atoms with van der Waals surface area (Å²) in [6, 6.07) is 0. The van der Waals surface area contributed by atoms with Crippen molar-refractivity contribution >= 4 is 21.8 Å². The lowest BCUT2D eigenvalue weighted by molar-refractivity contribution is -0.116. The number of aryl methyl sites for hydroxylation is 2. The maximum atomic E-state index is 12.5. The molecule has 1 atom stereocenters. The van der Waals surface area contributed by atoms with Crippen molar-refractivity contribution < 1.29 is 13.9 Å². The number of hydrogen-bond donors (Lipinski definition) is 0. The van der Waals surface area contributed by atoms with Gasteiger partial charge in [-0.3, -0.25) is 4.79 Å². The van der Waals surface area contributed by atoms with Gasteiger partial charge >= 0.3 is 0 Å². The number of carbonyl (C=O) groups excluding carboxylic acids is 1. The number of aromatic nitrogens is 1. The zero-order chi connectivity index (χ0) is 14.2. The SMILES string of the molecule is Cc1nc(C)c(C(=O)N2CC(CBr)OC(C)(C)C2)o1. The van der Waals surface area contributed by atoms with Gasteiger partial charge in [0.1, 0.15) is 0 Å². The molecule has 106 valence electrons. The molecule has 0 saturated carbocycles. The van der Waals surface area contributed by atoms with Crippen LogP contribution in [0.5, 0.6) is 0 Å². The molecule has 1 saturated heterocycles. The second-order valence-corrected chi connectivity index (χ2v) is 6.13. The van der Waals surface area contributed by atoms with Gasteiger partial charge in [-0.15, -0.1) is 0 Å². The number of morpholine rings is 1. The van der Waals surface area contributed by atoms with Gasteiger partial charge in [-0.2, -0.15) is 0 Å². The van der Waals surface area contributed by atoms with E-state index in [0.717, 1.165) is 0 Å². The maximum absolute atomic E-state index is 12.5. The zero-order valence-electron chi connectivity index (χ0n) is 11.7. The minimum absolute atomic E-state index is 0.00276. The zero-order valence-corrected chi connectivity index (χ0v) is 13.3. The molecule has 0 N–H and O–H groups in total. The minimum Gasteiger partial charge on any atom is -0.436 e. The highest BCUT2D eigenvalue weighted by Crippen LogP contribution is 2.24. The molecule has 0 radical (unpaired) electrons. The Bertz CT molecular complexity index is 484. The van der Waals surface area contributed by atoms with Crippen LogP contribution in [0, 0.1) is 13.8 Å². The van der Waals surface area contributed by atoms with Crippen LogP contribution in [-0.4, -0.2) is 45.9 Å². The van der Waals surface area contributed by atoms with Gasteiger partial charge in [0.15, 0.2) is 5.89 Å². The first-order chi connectivity index (χ1) is 8.82. The van der Waals surface area contributed by atoms with Crippen molar-refractivity contribution in [1.82, 2.24) is 9.88 Å². The Morgan fingerprint density at radius 2 is 2.21 bits per heavy atom. The van der Waals surface area contributed by atoms with Crippen LogP contribution in [0.4, 0.5) is 0 Å². The quantitative estimate of drug-likeness (QED) is 0.781. The second kappa shape index (κ2) is 5.25. The number of oxazole rings is 1. The summed E-state index contributed by atoms with van der Waals surface area (Å²) in [5.41, 5.74) is 0.289. The molecular weight excluding hydrogens is 312 g/mol. The maximum Gasteiger partial charge on any atom is 0.291 e. The van der Waals surface area contributed by atoms with Crippen LogP contribution in [0.1, 0.15) is 36.0 Å². The molecule has 0 spiro atoms. The van der Waals surface area contributed by atoms with Gasteiger partial charge in [-0.1, -0.05) is 15.9 Å². The lowest BCUT2D eigenvalue weighted by atomic mass is 10.1. The molecule has 0 aromatic carbocycles. The van der Waals surface area contributed by atoms with E-state index in [4.69, 9.17) is 9.15 Å². The Kier molecular flexibility index (Phi) is 4.01. The highest BCUT2D eigenvalue weighted by molar-refractivity contribution is 9.09. The Labute approximate surface area is 121 Å². The first-order valence-electron chi connectivity index (χ1n) is 6.29. The lowest BCUT2D eigenvalue weighted by Crippen LogP contribution is -2.55. The van der Waals surface area contributed by atoms with Crippen molar-refractivity contribution in [3.63, 3.8) is 0 Å². The number of nitrogens with zero attached hydrogens (tertiary/aromatic N) is 2. The molecule has 2 heterocycles. The topological polar surface area (TPSA) is 55.6 Å². The molecule has 1 aliphatic rings. The van der Waals surface area contributed by atoms with Crippen molar-refractivity contribution in [2.75, 3.05) is 18.4 Å². The van der Waals surface area contributed by atoms with Crippen LogP contribution < -0.4 is 0 Å². The van der Waals surface area contributed by atoms with Gasteiger partial charge in [0, 0.05) is 25.3 Å². The number of alkyl halides is 1. The standard InChI is InChI=1S/C13H19BrN2O3/c1-8-11(18-9(2)15-8)12(17)16-6-10(5-14)19-13(3,4)7-16/h10H,5-7H2,1-4H3. The average molecular weight is 331 g/mol. The molecule has 1 aliphatic heterocycles. The monoisotopic (exact) mass is 330 g/mol. The third kappa shape index (κ3) is 3.17. The molecule has 1 amide bonds. The van der Waals surface area contributed by atoms with E-state index in [0.29, 0.717) is 35.8 Å². The van der Waals surface area contributed by atoms with E-state index in [9.17, 15) is 4.79 Å². The number of carbonyl (C=O) groups is 1. The van der Waals surface area contributed by atoms with E-state index in [-0.39, 0.29) is 17.6 Å². The van der Waals surface area contributed by atoms with Crippen LogP contribution >= 0.6 is 15.9 Å². The van der Waals surface area contributed by atoms with Crippen LogP contribution in [-0.2, 0) is 4.74 Å². The van der Waals surface area contributed by atoms with Gasteiger partial charge < -0.3 is 14.1 Å². The number of rotatable bonds is 2. The first-order valence-corrected chi connectivity index (χ1v) is 7.41. The van der Waals surface area contributed by atoms with Gasteiger partial charge in [0.25, 0.3) is 5.91 Å². The van der Waals surface area contributed by atoms with E-state index >= 15 is 0 Å². The second-order valence-electron chi connectivity index (χ2n) is 5.49. The summed E-state index contributed by atoms with van der Waals surface area (Å²) >= 11 is 3.42. The molecule has 2 rings (SSSR count). The molecule has 1 fully saturated rings. The number of amides is 1. The normalized spacial score (nSPS) is 22.6. The van der Waals surface area contributed by atoms with Crippen LogP contribution in [0.3, 0.4) is 0 Å². The Morgan fingerprint density at radius 1 is 1.53 bits per heavy atom. The van der Waals surface area contributed by atoms with Crippen molar-refractivity contribution in [2.45, 2.75) is 39.4 Å². The summed E-state index contributed by atoms with van der Waals surface area (Å²) in [5, 5.41) is 0.703. The Balaban J connectivity index is 2.21. The van der Waals surface area contributed by atoms with E-state index in [1.54, 1.807) is 18.7 Å². The first kappa shape index (κ1) is 14.5. The number of halogens is 1. The van der Waals surface area contributed by atoms with Crippen molar-refractivity contribution in [2.24, 2.45) is 0 Å².